The van der Waals surface area contributed by atoms with Crippen LogP contribution < -0.4 is 11.1 Å². The Morgan fingerprint density at radius 1 is 1.27 bits per heavy atom. The number of rotatable bonds is 6. The number of hydrogen-bond donors (Lipinski definition) is 2. The van der Waals surface area contributed by atoms with Crippen molar-refractivity contribution in [2.75, 3.05) is 16.8 Å². The van der Waals surface area contributed by atoms with E-state index >= 15 is 0 Å². The minimum atomic E-state index is -0.344. The van der Waals surface area contributed by atoms with Crippen molar-refractivity contribution < 1.29 is 9.18 Å². The van der Waals surface area contributed by atoms with Crippen LogP contribution in [0.5, 0.6) is 0 Å². The van der Waals surface area contributed by atoms with Gasteiger partial charge in [-0.1, -0.05) is 11.8 Å². The molecule has 0 atom stereocenters. The zero-order chi connectivity index (χ0) is 20.7. The Bertz CT molecular complexity index is 1230. The van der Waals surface area contributed by atoms with Crippen molar-refractivity contribution >= 4 is 50.6 Å². The number of aromatic nitrogens is 4. The van der Waals surface area contributed by atoms with Crippen molar-refractivity contribution in [3.05, 3.63) is 48.4 Å². The van der Waals surface area contributed by atoms with Gasteiger partial charge in [0.15, 0.2) is 11.0 Å². The van der Waals surface area contributed by atoms with Gasteiger partial charge in [0.25, 0.3) is 0 Å². The molecule has 0 radical (unpaired) electrons. The molecule has 1 saturated carbocycles. The minimum absolute atomic E-state index is 0.172. The normalized spacial score (nSPS) is 13.6. The lowest BCUT2D eigenvalue weighted by Gasteiger charge is -2.08. The number of nitrogen functional groups attached to an aromatic ring is 1. The Hall–Kier alpha value is -2.98. The van der Waals surface area contributed by atoms with Gasteiger partial charge in [0.2, 0.25) is 5.91 Å². The third-order valence-corrected chi connectivity index (χ3v) is 6.81. The third kappa shape index (κ3) is 3.63. The lowest BCUT2D eigenvalue weighted by Crippen LogP contribution is -2.14. The molecule has 10 heteroatoms. The van der Waals surface area contributed by atoms with Crippen LogP contribution in [0.3, 0.4) is 0 Å². The number of halogens is 1. The quantitative estimate of drug-likeness (QED) is 0.433. The number of fused-ring (bicyclic) bond motifs is 1. The molecule has 0 bridgehead atoms. The molecular weight excluding hydrogens is 423 g/mol. The lowest BCUT2D eigenvalue weighted by molar-refractivity contribution is -0.113. The number of carbonyl (C=O) groups excluding carboxylic acids is 1. The Kier molecular flexibility index (Phi) is 4.87. The van der Waals surface area contributed by atoms with Gasteiger partial charge in [0, 0.05) is 23.3 Å². The van der Waals surface area contributed by atoms with Gasteiger partial charge in [-0.2, -0.15) is 0 Å². The molecule has 30 heavy (non-hydrogen) atoms. The van der Waals surface area contributed by atoms with Crippen LogP contribution in [0.25, 0.3) is 20.9 Å². The van der Waals surface area contributed by atoms with Gasteiger partial charge in [-0.3, -0.25) is 9.36 Å². The fourth-order valence-corrected chi connectivity index (χ4v) is 5.02. The molecule has 3 aromatic heterocycles. The summed E-state index contributed by atoms with van der Waals surface area (Å²) in [7, 11) is 0. The Balaban J connectivity index is 1.37. The highest BCUT2D eigenvalue weighted by Crippen LogP contribution is 2.45. The number of benzene rings is 1. The zero-order valence-corrected chi connectivity index (χ0v) is 17.3. The summed E-state index contributed by atoms with van der Waals surface area (Å²) in [6.07, 6.45) is 3.83. The van der Waals surface area contributed by atoms with E-state index in [9.17, 15) is 9.18 Å². The van der Waals surface area contributed by atoms with Gasteiger partial charge in [0.1, 0.15) is 10.6 Å². The molecule has 4 aromatic rings. The molecule has 7 nitrogen and oxygen atoms in total. The molecule has 1 aromatic carbocycles. The van der Waals surface area contributed by atoms with E-state index in [1.54, 1.807) is 6.20 Å². The first-order chi connectivity index (χ1) is 14.6. The molecular formula is C20H17FN6OS2. The van der Waals surface area contributed by atoms with Gasteiger partial charge in [0.05, 0.1) is 16.3 Å². The summed E-state index contributed by atoms with van der Waals surface area (Å²) in [6, 6.07) is 9.80. The average Bonchev–Trinajstić information content (AvgIpc) is 3.42. The SMILES string of the molecule is Nc1c(-c2nnc(SCC(=O)Nc3ccc(F)cc3)n2C2CC2)sc2ncccc12. The molecule has 5 rings (SSSR count). The smallest absolute Gasteiger partial charge is 0.234 e. The number of pyridine rings is 1. The first kappa shape index (κ1) is 19.0. The van der Waals surface area contributed by atoms with Crippen molar-refractivity contribution in [3.8, 4) is 10.7 Å². The van der Waals surface area contributed by atoms with E-state index in [-0.39, 0.29) is 17.5 Å². The highest BCUT2D eigenvalue weighted by Gasteiger charge is 2.32. The fourth-order valence-electron chi connectivity index (χ4n) is 3.17. The molecule has 0 spiro atoms. The Morgan fingerprint density at radius 3 is 2.80 bits per heavy atom. The van der Waals surface area contributed by atoms with E-state index in [2.05, 4.69) is 25.1 Å². The maximum atomic E-state index is 13.0. The number of thioether (sulfide) groups is 1. The van der Waals surface area contributed by atoms with Crippen LogP contribution in [-0.4, -0.2) is 31.4 Å². The molecule has 1 aliphatic rings. The molecule has 1 fully saturated rings. The number of hydrogen-bond acceptors (Lipinski definition) is 7. The van der Waals surface area contributed by atoms with Crippen molar-refractivity contribution in [3.63, 3.8) is 0 Å². The number of nitrogens with two attached hydrogens (primary N) is 1. The van der Waals surface area contributed by atoms with Crippen LogP contribution in [0.4, 0.5) is 15.8 Å². The first-order valence-corrected chi connectivity index (χ1v) is 11.2. The summed E-state index contributed by atoms with van der Waals surface area (Å²) >= 11 is 2.82. The number of amides is 1. The second-order valence-corrected chi connectivity index (χ2v) is 8.89. The molecule has 1 aliphatic carbocycles. The Labute approximate surface area is 179 Å². The maximum Gasteiger partial charge on any atom is 0.234 e. The van der Waals surface area contributed by atoms with Gasteiger partial charge < -0.3 is 11.1 Å². The minimum Gasteiger partial charge on any atom is -0.397 e. The number of nitrogens with one attached hydrogen (secondary N) is 1. The summed E-state index contributed by atoms with van der Waals surface area (Å²) in [5.74, 6) is 0.359. The molecule has 0 saturated heterocycles. The van der Waals surface area contributed by atoms with Gasteiger partial charge in [-0.05, 0) is 49.2 Å². The molecule has 152 valence electrons. The van der Waals surface area contributed by atoms with Crippen molar-refractivity contribution in [2.45, 2.75) is 24.0 Å². The molecule has 3 N–H and O–H groups in total. The molecule has 0 aliphatic heterocycles. The maximum absolute atomic E-state index is 13.0. The van der Waals surface area contributed by atoms with E-state index in [4.69, 9.17) is 5.73 Å². The van der Waals surface area contributed by atoms with Gasteiger partial charge in [-0.15, -0.1) is 21.5 Å². The summed E-state index contributed by atoms with van der Waals surface area (Å²) < 4.78 is 15.1. The van der Waals surface area contributed by atoms with Crippen LogP contribution >= 0.6 is 23.1 Å². The first-order valence-electron chi connectivity index (χ1n) is 9.36. The van der Waals surface area contributed by atoms with Crippen LogP contribution in [-0.2, 0) is 4.79 Å². The summed E-state index contributed by atoms with van der Waals surface area (Å²) in [6.45, 7) is 0. The largest absolute Gasteiger partial charge is 0.397 e. The molecule has 0 unspecified atom stereocenters. The fraction of sp³-hybridized carbons (Fsp3) is 0.200. The van der Waals surface area contributed by atoms with E-state index in [1.165, 1.54) is 47.4 Å². The number of nitrogens with zero attached hydrogens (tertiary/aromatic N) is 4. The topological polar surface area (TPSA) is 98.7 Å². The molecule has 3 heterocycles. The zero-order valence-electron chi connectivity index (χ0n) is 15.7. The van der Waals surface area contributed by atoms with Crippen molar-refractivity contribution in [2.24, 2.45) is 0 Å². The Morgan fingerprint density at radius 2 is 2.07 bits per heavy atom. The number of carbonyl (C=O) groups is 1. The highest BCUT2D eigenvalue weighted by atomic mass is 32.2. The second kappa shape index (κ2) is 7.69. The average molecular weight is 441 g/mol. The van der Waals surface area contributed by atoms with Gasteiger partial charge >= 0.3 is 0 Å². The monoisotopic (exact) mass is 440 g/mol. The summed E-state index contributed by atoms with van der Waals surface area (Å²) in [4.78, 5) is 18.4. The second-order valence-electron chi connectivity index (χ2n) is 6.95. The predicted octanol–water partition coefficient (Wildman–Crippen LogP) is 4.34. The number of anilines is 2. The van der Waals surface area contributed by atoms with Crippen LogP contribution in [0.1, 0.15) is 18.9 Å². The van der Waals surface area contributed by atoms with Crippen LogP contribution in [0.2, 0.25) is 0 Å². The van der Waals surface area contributed by atoms with Crippen molar-refractivity contribution in [1.29, 1.82) is 0 Å². The standard InChI is InChI=1S/C20H17FN6OS2/c21-11-3-5-12(6-4-11)24-15(28)10-29-20-26-25-18(27(20)13-7-8-13)17-16(22)14-2-1-9-23-19(14)30-17/h1-6,9,13H,7-8,10,22H2,(H,24,28). The van der Waals surface area contributed by atoms with E-state index in [0.717, 1.165) is 33.8 Å². The van der Waals surface area contributed by atoms with E-state index < -0.39 is 0 Å². The van der Waals surface area contributed by atoms with Crippen LogP contribution in [0, 0.1) is 5.82 Å². The molecule has 1 amide bonds. The predicted molar refractivity (Wildman–Crippen MR) is 117 cm³/mol. The van der Waals surface area contributed by atoms with E-state index in [1.807, 2.05) is 12.1 Å². The van der Waals surface area contributed by atoms with Gasteiger partial charge in [-0.25, -0.2) is 9.37 Å². The highest BCUT2D eigenvalue weighted by molar-refractivity contribution is 7.99. The van der Waals surface area contributed by atoms with Crippen molar-refractivity contribution in [1.82, 2.24) is 19.7 Å². The lowest BCUT2D eigenvalue weighted by atomic mass is 10.2. The van der Waals surface area contributed by atoms with E-state index in [0.29, 0.717) is 22.6 Å². The summed E-state index contributed by atoms with van der Waals surface area (Å²) in [5.41, 5.74) is 7.59. The number of thiophene rings is 1. The van der Waals surface area contributed by atoms with Crippen LogP contribution in [0.15, 0.2) is 47.8 Å². The summed E-state index contributed by atoms with van der Waals surface area (Å²) in [5, 5.41) is 13.1. The third-order valence-electron chi connectivity index (χ3n) is 4.74.